The predicted molar refractivity (Wildman–Crippen MR) is 187 cm³/mol. The first-order valence-corrected chi connectivity index (χ1v) is 15.2. The van der Waals surface area contributed by atoms with Crippen LogP contribution in [0.25, 0.3) is 66.1 Å². The lowest BCUT2D eigenvalue weighted by molar-refractivity contribution is 0.668. The number of rotatable bonds is 5. The number of hydrogen-bond acceptors (Lipinski definition) is 3. The summed E-state index contributed by atoms with van der Waals surface area (Å²) < 4.78 is 12.7. The van der Waals surface area contributed by atoms with Gasteiger partial charge in [-0.05, 0) is 53.6 Å². The van der Waals surface area contributed by atoms with Crippen LogP contribution in [0.4, 0.5) is 17.1 Å². The molecule has 7 aromatic carbocycles. The van der Waals surface area contributed by atoms with Crippen LogP contribution in [0.15, 0.2) is 173 Å². The first-order valence-electron chi connectivity index (χ1n) is 15.2. The number of hydrogen-bond donors (Lipinski definition) is 0. The lowest BCUT2D eigenvalue weighted by Gasteiger charge is -2.30. The summed E-state index contributed by atoms with van der Waals surface area (Å²) in [6.45, 7) is 0. The Bertz CT molecular complexity index is 2500. The van der Waals surface area contributed by atoms with Crippen LogP contribution in [0.2, 0.25) is 0 Å². The molecular weight excluding hydrogens is 550 g/mol. The minimum Gasteiger partial charge on any atom is -0.456 e. The zero-order valence-corrected chi connectivity index (χ0v) is 24.4. The van der Waals surface area contributed by atoms with E-state index in [0.717, 1.165) is 83.2 Å². The molecule has 0 atom stereocenters. The Morgan fingerprint density at radius 1 is 0.311 bits per heavy atom. The summed E-state index contributed by atoms with van der Waals surface area (Å²) in [5.41, 5.74) is 11.2. The third kappa shape index (κ3) is 4.05. The molecule has 212 valence electrons. The SMILES string of the molecule is c1ccc(-c2ccccc2N(c2ccccc2-c2cccc3oc4ccccc4c23)c2cccc3oc4ccccc4c23)cc1. The van der Waals surface area contributed by atoms with Crippen molar-refractivity contribution in [1.82, 2.24) is 0 Å². The molecule has 0 aliphatic heterocycles. The van der Waals surface area contributed by atoms with Gasteiger partial charge in [-0.1, -0.05) is 121 Å². The molecule has 0 aliphatic rings. The van der Waals surface area contributed by atoms with Gasteiger partial charge >= 0.3 is 0 Å². The Hall–Kier alpha value is -6.06. The maximum atomic E-state index is 6.40. The van der Waals surface area contributed by atoms with Crippen LogP contribution in [0, 0.1) is 0 Å². The Morgan fingerprint density at radius 2 is 0.778 bits per heavy atom. The van der Waals surface area contributed by atoms with Gasteiger partial charge in [0.15, 0.2) is 0 Å². The van der Waals surface area contributed by atoms with E-state index in [1.807, 2.05) is 24.3 Å². The van der Waals surface area contributed by atoms with E-state index in [2.05, 4.69) is 144 Å². The lowest BCUT2D eigenvalue weighted by atomic mass is 9.95. The van der Waals surface area contributed by atoms with Gasteiger partial charge in [-0.2, -0.15) is 0 Å². The molecule has 3 heteroatoms. The molecule has 0 unspecified atom stereocenters. The van der Waals surface area contributed by atoms with E-state index in [-0.39, 0.29) is 0 Å². The first-order chi connectivity index (χ1) is 22.3. The molecular formula is C42H27NO2. The second kappa shape index (κ2) is 10.3. The summed E-state index contributed by atoms with van der Waals surface area (Å²) in [6.07, 6.45) is 0. The zero-order chi connectivity index (χ0) is 29.7. The van der Waals surface area contributed by atoms with Crippen LogP contribution < -0.4 is 4.90 Å². The molecule has 0 aliphatic carbocycles. The molecule has 3 nitrogen and oxygen atoms in total. The average Bonchev–Trinajstić information content (AvgIpc) is 3.68. The highest BCUT2D eigenvalue weighted by molar-refractivity contribution is 6.16. The van der Waals surface area contributed by atoms with E-state index in [1.165, 1.54) is 0 Å². The van der Waals surface area contributed by atoms with Crippen molar-refractivity contribution < 1.29 is 8.83 Å². The molecule has 2 aromatic heterocycles. The smallest absolute Gasteiger partial charge is 0.137 e. The van der Waals surface area contributed by atoms with Gasteiger partial charge in [0.1, 0.15) is 22.3 Å². The van der Waals surface area contributed by atoms with Crippen molar-refractivity contribution in [2.24, 2.45) is 0 Å². The quantitative estimate of drug-likeness (QED) is 0.204. The van der Waals surface area contributed by atoms with E-state index in [9.17, 15) is 0 Å². The van der Waals surface area contributed by atoms with Crippen LogP contribution in [0.3, 0.4) is 0 Å². The highest BCUT2D eigenvalue weighted by Gasteiger charge is 2.25. The molecule has 0 N–H and O–H groups in total. The van der Waals surface area contributed by atoms with Crippen molar-refractivity contribution in [3.63, 3.8) is 0 Å². The van der Waals surface area contributed by atoms with E-state index in [1.54, 1.807) is 0 Å². The van der Waals surface area contributed by atoms with Gasteiger partial charge in [-0.3, -0.25) is 0 Å². The maximum absolute atomic E-state index is 6.40. The monoisotopic (exact) mass is 577 g/mol. The maximum Gasteiger partial charge on any atom is 0.137 e. The van der Waals surface area contributed by atoms with Crippen molar-refractivity contribution in [3.05, 3.63) is 164 Å². The van der Waals surface area contributed by atoms with Gasteiger partial charge in [0.05, 0.1) is 22.4 Å². The highest BCUT2D eigenvalue weighted by Crippen LogP contribution is 2.49. The normalized spacial score (nSPS) is 11.6. The second-order valence-electron chi connectivity index (χ2n) is 11.3. The summed E-state index contributed by atoms with van der Waals surface area (Å²) in [6, 6.07) is 57.2. The largest absolute Gasteiger partial charge is 0.456 e. The van der Waals surface area contributed by atoms with Crippen molar-refractivity contribution in [3.8, 4) is 22.3 Å². The topological polar surface area (TPSA) is 29.5 Å². The van der Waals surface area contributed by atoms with Crippen LogP contribution in [0.1, 0.15) is 0 Å². The number of benzene rings is 7. The van der Waals surface area contributed by atoms with Crippen molar-refractivity contribution in [2.75, 3.05) is 4.90 Å². The fraction of sp³-hybridized carbons (Fsp3) is 0. The van der Waals surface area contributed by atoms with Gasteiger partial charge in [0.2, 0.25) is 0 Å². The fourth-order valence-corrected chi connectivity index (χ4v) is 6.76. The molecule has 0 saturated carbocycles. The molecule has 45 heavy (non-hydrogen) atoms. The highest BCUT2D eigenvalue weighted by atomic mass is 16.3. The summed E-state index contributed by atoms with van der Waals surface area (Å²) in [5.74, 6) is 0. The van der Waals surface area contributed by atoms with Crippen LogP contribution in [0.5, 0.6) is 0 Å². The van der Waals surface area contributed by atoms with E-state index in [0.29, 0.717) is 0 Å². The average molecular weight is 578 g/mol. The van der Waals surface area contributed by atoms with Gasteiger partial charge in [0, 0.05) is 27.3 Å². The zero-order valence-electron chi connectivity index (χ0n) is 24.4. The molecule has 0 saturated heterocycles. The van der Waals surface area contributed by atoms with Crippen LogP contribution in [-0.4, -0.2) is 0 Å². The third-order valence-corrected chi connectivity index (χ3v) is 8.69. The minimum atomic E-state index is 0.858. The van der Waals surface area contributed by atoms with Gasteiger partial charge in [-0.15, -0.1) is 0 Å². The van der Waals surface area contributed by atoms with Gasteiger partial charge in [0.25, 0.3) is 0 Å². The molecule has 9 rings (SSSR count). The Labute approximate surface area is 260 Å². The Kier molecular flexibility index (Phi) is 5.82. The van der Waals surface area contributed by atoms with E-state index < -0.39 is 0 Å². The number of nitrogens with zero attached hydrogens (tertiary/aromatic N) is 1. The molecule has 0 bridgehead atoms. The Morgan fingerprint density at radius 3 is 1.51 bits per heavy atom. The molecule has 9 aromatic rings. The van der Waals surface area contributed by atoms with Crippen LogP contribution >= 0.6 is 0 Å². The Balaban J connectivity index is 1.40. The fourth-order valence-electron chi connectivity index (χ4n) is 6.76. The van der Waals surface area contributed by atoms with E-state index in [4.69, 9.17) is 8.83 Å². The van der Waals surface area contributed by atoms with Crippen molar-refractivity contribution in [2.45, 2.75) is 0 Å². The summed E-state index contributed by atoms with van der Waals surface area (Å²) in [4.78, 5) is 2.41. The van der Waals surface area contributed by atoms with Crippen molar-refractivity contribution >= 4 is 60.9 Å². The van der Waals surface area contributed by atoms with Crippen LogP contribution in [-0.2, 0) is 0 Å². The van der Waals surface area contributed by atoms with Gasteiger partial charge in [-0.25, -0.2) is 0 Å². The predicted octanol–water partition coefficient (Wildman–Crippen LogP) is 12.3. The number of fused-ring (bicyclic) bond motifs is 6. The number of anilines is 3. The third-order valence-electron chi connectivity index (χ3n) is 8.69. The first kappa shape index (κ1) is 25.4. The van der Waals surface area contributed by atoms with Gasteiger partial charge < -0.3 is 13.7 Å². The standard InChI is InChI=1S/C42H27NO2/c1-2-14-28(15-3-1)29-16-4-8-21-34(29)43(36-23-13-27-40-42(36)33-19-7-11-25-38(33)45-40)35-22-9-5-17-30(35)31-20-12-26-39-41(31)32-18-6-10-24-37(32)44-39/h1-27H. The summed E-state index contributed by atoms with van der Waals surface area (Å²) in [5, 5.41) is 4.39. The second-order valence-corrected chi connectivity index (χ2v) is 11.3. The number of para-hydroxylation sites is 4. The molecule has 0 radical (unpaired) electrons. The molecule has 0 spiro atoms. The summed E-state index contributed by atoms with van der Waals surface area (Å²) in [7, 11) is 0. The lowest BCUT2D eigenvalue weighted by Crippen LogP contribution is -2.12. The van der Waals surface area contributed by atoms with Crippen molar-refractivity contribution in [1.29, 1.82) is 0 Å². The minimum absolute atomic E-state index is 0.858. The summed E-state index contributed by atoms with van der Waals surface area (Å²) >= 11 is 0. The van der Waals surface area contributed by atoms with E-state index >= 15 is 0 Å². The molecule has 0 amide bonds. The molecule has 2 heterocycles. The number of furan rings is 2. The molecule has 0 fully saturated rings.